The molecule has 0 saturated carbocycles. The number of rotatable bonds is 3. The van der Waals surface area contributed by atoms with E-state index in [0.717, 1.165) is 25.6 Å². The molecule has 8 heteroatoms. The Balaban J connectivity index is 1.25. The lowest BCUT2D eigenvalue weighted by Crippen LogP contribution is -2.53. The molecule has 1 fully saturated rings. The Morgan fingerprint density at radius 3 is 2.73 bits per heavy atom. The summed E-state index contributed by atoms with van der Waals surface area (Å²) < 4.78 is 20.6. The predicted molar refractivity (Wildman–Crippen MR) is 101 cm³/mol. The second kappa shape index (κ2) is 6.00. The maximum atomic E-state index is 13.3. The van der Waals surface area contributed by atoms with Gasteiger partial charge in [-0.3, -0.25) is 0 Å². The number of thiazole rings is 2. The average Bonchev–Trinajstić information content (AvgIpc) is 3.20. The van der Waals surface area contributed by atoms with Crippen molar-refractivity contribution in [2.75, 3.05) is 18.0 Å². The minimum absolute atomic E-state index is 0.182. The monoisotopic (exact) mass is 385 g/mol. The summed E-state index contributed by atoms with van der Waals surface area (Å²) in [4.78, 5) is 23.1. The third-order valence-corrected chi connectivity index (χ3v) is 6.30. The van der Waals surface area contributed by atoms with Crippen molar-refractivity contribution >= 4 is 54.2 Å². The van der Waals surface area contributed by atoms with Crippen LogP contribution in [-0.2, 0) is 4.74 Å². The molecule has 0 bridgehead atoms. The fourth-order valence-corrected chi connectivity index (χ4v) is 4.71. The number of carbonyl (C=O) groups is 1. The quantitative estimate of drug-likeness (QED) is 0.497. The number of halogens is 1. The highest BCUT2D eigenvalue weighted by molar-refractivity contribution is 7.22. The second-order valence-electron chi connectivity index (χ2n) is 6.03. The first-order chi connectivity index (χ1) is 12.7. The molecule has 0 radical (unpaired) electrons. The summed E-state index contributed by atoms with van der Waals surface area (Å²) in [5.74, 6) is -0.652. The minimum atomic E-state index is -0.387. The summed E-state index contributed by atoms with van der Waals surface area (Å²) in [5, 5.41) is 1.19. The van der Waals surface area contributed by atoms with Crippen molar-refractivity contribution in [3.8, 4) is 0 Å². The Hall–Kier alpha value is -2.58. The van der Waals surface area contributed by atoms with E-state index < -0.39 is 0 Å². The van der Waals surface area contributed by atoms with Crippen molar-refractivity contribution in [1.29, 1.82) is 0 Å². The smallest absolute Gasteiger partial charge is 0.367 e. The van der Waals surface area contributed by atoms with Crippen LogP contribution in [0.25, 0.3) is 20.4 Å². The molecule has 0 amide bonds. The molecule has 0 aliphatic carbocycles. The molecule has 0 spiro atoms. The number of hydrogen-bond acceptors (Lipinski definition) is 7. The van der Waals surface area contributed by atoms with Crippen molar-refractivity contribution < 1.29 is 13.9 Å². The maximum absolute atomic E-state index is 13.3. The zero-order valence-corrected chi connectivity index (χ0v) is 15.0. The van der Waals surface area contributed by atoms with Crippen LogP contribution in [-0.4, -0.2) is 35.1 Å². The zero-order valence-electron chi connectivity index (χ0n) is 13.4. The molecule has 5 rings (SSSR count). The molecule has 4 aromatic rings. The van der Waals surface area contributed by atoms with Gasteiger partial charge in [0.2, 0.25) is 5.01 Å². The molecule has 1 aliphatic heterocycles. The first kappa shape index (κ1) is 15.7. The number of anilines is 1. The lowest BCUT2D eigenvalue weighted by atomic mass is 10.2. The van der Waals surface area contributed by atoms with Crippen LogP contribution >= 0.6 is 22.7 Å². The summed E-state index contributed by atoms with van der Waals surface area (Å²) in [7, 11) is 0. The Kier molecular flexibility index (Phi) is 3.61. The largest absolute Gasteiger partial charge is 0.453 e. The molecule has 0 N–H and O–H groups in total. The number of carbonyl (C=O) groups excluding carboxylic acids is 1. The fraction of sp³-hybridized carbons (Fsp3) is 0.167. The Labute approximate surface area is 155 Å². The van der Waals surface area contributed by atoms with Crippen molar-refractivity contribution in [2.45, 2.75) is 6.10 Å². The summed E-state index contributed by atoms with van der Waals surface area (Å²) >= 11 is 2.78. The van der Waals surface area contributed by atoms with Gasteiger partial charge in [0.05, 0.1) is 33.5 Å². The van der Waals surface area contributed by atoms with Gasteiger partial charge in [0, 0.05) is 0 Å². The minimum Gasteiger partial charge on any atom is -0.453 e. The summed E-state index contributed by atoms with van der Waals surface area (Å²) in [6, 6.07) is 12.2. The molecular weight excluding hydrogens is 373 g/mol. The van der Waals surface area contributed by atoms with Crippen molar-refractivity contribution in [3.05, 3.63) is 53.3 Å². The van der Waals surface area contributed by atoms with Crippen LogP contribution in [0.5, 0.6) is 0 Å². The lowest BCUT2D eigenvalue weighted by Gasteiger charge is -2.37. The van der Waals surface area contributed by atoms with Gasteiger partial charge in [0.15, 0.2) is 5.13 Å². The molecule has 26 heavy (non-hydrogen) atoms. The number of hydrogen-bond donors (Lipinski definition) is 0. The molecule has 0 atom stereocenters. The lowest BCUT2D eigenvalue weighted by molar-refractivity contribution is 0.0234. The van der Waals surface area contributed by atoms with Gasteiger partial charge in [0.1, 0.15) is 11.9 Å². The van der Waals surface area contributed by atoms with E-state index in [-0.39, 0.29) is 17.9 Å². The van der Waals surface area contributed by atoms with E-state index in [0.29, 0.717) is 18.1 Å². The van der Waals surface area contributed by atoms with Crippen LogP contribution in [0.15, 0.2) is 42.5 Å². The zero-order chi connectivity index (χ0) is 17.7. The number of fused-ring (bicyclic) bond motifs is 2. The van der Waals surface area contributed by atoms with Crippen LogP contribution in [0.2, 0.25) is 0 Å². The first-order valence-corrected chi connectivity index (χ1v) is 9.66. The van der Waals surface area contributed by atoms with Gasteiger partial charge >= 0.3 is 5.97 Å². The van der Waals surface area contributed by atoms with Crippen LogP contribution in [0.3, 0.4) is 0 Å². The van der Waals surface area contributed by atoms with Gasteiger partial charge in [-0.2, -0.15) is 0 Å². The van der Waals surface area contributed by atoms with Gasteiger partial charge in [-0.15, -0.1) is 11.3 Å². The van der Waals surface area contributed by atoms with Gasteiger partial charge < -0.3 is 9.64 Å². The molecule has 5 nitrogen and oxygen atoms in total. The van der Waals surface area contributed by atoms with Crippen molar-refractivity contribution in [2.24, 2.45) is 0 Å². The summed E-state index contributed by atoms with van der Waals surface area (Å²) in [6.45, 7) is 1.16. The molecule has 130 valence electrons. The highest BCUT2D eigenvalue weighted by Gasteiger charge is 2.33. The van der Waals surface area contributed by atoms with E-state index in [2.05, 4.69) is 9.97 Å². The van der Waals surface area contributed by atoms with Crippen molar-refractivity contribution in [1.82, 2.24) is 9.97 Å². The van der Waals surface area contributed by atoms with E-state index in [1.165, 1.54) is 34.8 Å². The number of ether oxygens (including phenoxy) is 1. The summed E-state index contributed by atoms with van der Waals surface area (Å²) in [5.41, 5.74) is 1.59. The van der Waals surface area contributed by atoms with Gasteiger partial charge in [-0.25, -0.2) is 19.2 Å². The van der Waals surface area contributed by atoms with Gasteiger partial charge in [0.25, 0.3) is 0 Å². The van der Waals surface area contributed by atoms with Crippen LogP contribution in [0.4, 0.5) is 9.52 Å². The topological polar surface area (TPSA) is 55.3 Å². The van der Waals surface area contributed by atoms with Gasteiger partial charge in [-0.05, 0) is 30.3 Å². The number of para-hydroxylation sites is 1. The Morgan fingerprint density at radius 1 is 1.08 bits per heavy atom. The highest BCUT2D eigenvalue weighted by Crippen LogP contribution is 2.32. The highest BCUT2D eigenvalue weighted by atomic mass is 32.1. The van der Waals surface area contributed by atoms with Crippen LogP contribution < -0.4 is 4.90 Å². The normalized spacial score (nSPS) is 14.7. The van der Waals surface area contributed by atoms with E-state index in [4.69, 9.17) is 4.74 Å². The predicted octanol–water partition coefficient (Wildman–Crippen LogP) is 4.09. The molecule has 3 heterocycles. The molecule has 1 saturated heterocycles. The molecule has 1 aliphatic rings. The average molecular weight is 385 g/mol. The maximum Gasteiger partial charge on any atom is 0.367 e. The third kappa shape index (κ3) is 2.71. The van der Waals surface area contributed by atoms with Crippen LogP contribution in [0, 0.1) is 5.82 Å². The number of esters is 1. The number of aromatic nitrogens is 2. The van der Waals surface area contributed by atoms with Crippen LogP contribution in [0.1, 0.15) is 9.80 Å². The SMILES string of the molecule is O=C(OC1CN(c2nc3ccc(F)cc3s2)C1)c1nc2ccccc2s1. The fourth-order valence-electron chi connectivity index (χ4n) is 2.85. The summed E-state index contributed by atoms with van der Waals surface area (Å²) in [6.07, 6.45) is -0.182. The number of benzene rings is 2. The van der Waals surface area contributed by atoms with Gasteiger partial charge in [-0.1, -0.05) is 23.5 Å². The van der Waals surface area contributed by atoms with Crippen molar-refractivity contribution in [3.63, 3.8) is 0 Å². The molecule has 2 aromatic carbocycles. The second-order valence-corrected chi connectivity index (χ2v) is 8.07. The first-order valence-electron chi connectivity index (χ1n) is 8.03. The number of nitrogens with zero attached hydrogens (tertiary/aromatic N) is 3. The molecule has 0 unspecified atom stereocenters. The van der Waals surface area contributed by atoms with E-state index >= 15 is 0 Å². The standard InChI is InChI=1S/C18H12FN3O2S2/c19-10-5-6-13-15(7-10)26-18(21-13)22-8-11(9-22)24-17(23)16-20-12-3-1-2-4-14(12)25-16/h1-7,11H,8-9H2. The Bertz CT molecular complexity index is 1100. The third-order valence-electron chi connectivity index (χ3n) is 4.20. The molecule has 2 aromatic heterocycles. The van der Waals surface area contributed by atoms with E-state index in [1.807, 2.05) is 29.2 Å². The van der Waals surface area contributed by atoms with E-state index in [1.54, 1.807) is 6.07 Å². The Morgan fingerprint density at radius 2 is 1.88 bits per heavy atom. The molecular formula is C18H12FN3O2S2. The van der Waals surface area contributed by atoms with E-state index in [9.17, 15) is 9.18 Å².